The number of hydrogen-bond acceptors (Lipinski definition) is 3. The third-order valence-corrected chi connectivity index (χ3v) is 2.82. The number of rotatable bonds is 5. The zero-order valence-electron chi connectivity index (χ0n) is 10.8. The smallest absolute Gasteiger partial charge is 0.124 e. The minimum absolute atomic E-state index is 0.0202. The quantitative estimate of drug-likeness (QED) is 0.879. The number of nitrogens with zero attached hydrogens (tertiary/aromatic N) is 2. The predicted molar refractivity (Wildman–Crippen MR) is 71.5 cm³/mol. The summed E-state index contributed by atoms with van der Waals surface area (Å²) in [6, 6.07) is 6.09. The highest BCUT2D eigenvalue weighted by atomic mass is 16.5. The van der Waals surface area contributed by atoms with Crippen molar-refractivity contribution in [1.29, 1.82) is 0 Å². The summed E-state index contributed by atoms with van der Waals surface area (Å²) in [4.78, 5) is 3.99. The number of aryl methyl sites for hydroxylation is 1. The lowest BCUT2D eigenvalue weighted by Crippen LogP contribution is -2.11. The van der Waals surface area contributed by atoms with Gasteiger partial charge in [-0.1, -0.05) is 17.7 Å². The Labute approximate surface area is 107 Å². The Hall–Kier alpha value is -1.81. The van der Waals surface area contributed by atoms with E-state index in [1.165, 1.54) is 5.56 Å². The largest absolute Gasteiger partial charge is 0.491 e. The normalized spacial score (nSPS) is 12.4. The molecule has 0 saturated carbocycles. The number of imidazole rings is 1. The molecule has 4 nitrogen and oxygen atoms in total. The second kappa shape index (κ2) is 5.69. The number of benzene rings is 1. The molecule has 0 spiro atoms. The van der Waals surface area contributed by atoms with Crippen LogP contribution in [0.15, 0.2) is 36.9 Å². The molecular weight excluding hydrogens is 226 g/mol. The summed E-state index contributed by atoms with van der Waals surface area (Å²) >= 11 is 0. The highest BCUT2D eigenvalue weighted by Gasteiger charge is 2.08. The molecule has 0 aliphatic rings. The predicted octanol–water partition coefficient (Wildman–Crippen LogP) is 2.29. The van der Waals surface area contributed by atoms with E-state index >= 15 is 0 Å². The van der Waals surface area contributed by atoms with Gasteiger partial charge in [0.25, 0.3) is 0 Å². The fourth-order valence-electron chi connectivity index (χ4n) is 1.84. The number of nitrogens with two attached hydrogens (primary N) is 1. The third kappa shape index (κ3) is 3.11. The maximum Gasteiger partial charge on any atom is 0.124 e. The lowest BCUT2D eigenvalue weighted by atomic mass is 10.1. The molecule has 0 bridgehead atoms. The number of aromatic nitrogens is 2. The summed E-state index contributed by atoms with van der Waals surface area (Å²) in [5.41, 5.74) is 8.21. The van der Waals surface area contributed by atoms with Crippen LogP contribution in [0.2, 0.25) is 0 Å². The fourth-order valence-corrected chi connectivity index (χ4v) is 1.84. The summed E-state index contributed by atoms with van der Waals surface area (Å²) in [6.45, 7) is 5.42. The summed E-state index contributed by atoms with van der Waals surface area (Å²) in [7, 11) is 0. The van der Waals surface area contributed by atoms with Gasteiger partial charge in [-0.2, -0.15) is 0 Å². The monoisotopic (exact) mass is 245 g/mol. The Bertz CT molecular complexity index is 492. The molecule has 2 rings (SSSR count). The van der Waals surface area contributed by atoms with Crippen molar-refractivity contribution >= 4 is 0 Å². The highest BCUT2D eigenvalue weighted by Crippen LogP contribution is 2.24. The van der Waals surface area contributed by atoms with Crippen LogP contribution in [-0.2, 0) is 6.54 Å². The first-order valence-electron chi connectivity index (χ1n) is 6.11. The molecule has 96 valence electrons. The number of hydrogen-bond donors (Lipinski definition) is 1. The lowest BCUT2D eigenvalue weighted by molar-refractivity contribution is 0.294. The van der Waals surface area contributed by atoms with E-state index in [2.05, 4.69) is 18.0 Å². The van der Waals surface area contributed by atoms with Crippen molar-refractivity contribution in [1.82, 2.24) is 9.55 Å². The standard InChI is InChI=1S/C14H19N3O/c1-11-3-4-14(13(9-11)12(2)15)18-8-7-17-6-5-16-10-17/h3-6,9-10,12H,7-8,15H2,1-2H3. The lowest BCUT2D eigenvalue weighted by Gasteiger charge is -2.15. The zero-order valence-corrected chi connectivity index (χ0v) is 10.8. The highest BCUT2D eigenvalue weighted by molar-refractivity contribution is 5.38. The van der Waals surface area contributed by atoms with Gasteiger partial charge in [0.15, 0.2) is 0 Å². The van der Waals surface area contributed by atoms with Crippen LogP contribution >= 0.6 is 0 Å². The average Bonchev–Trinajstić information content (AvgIpc) is 2.84. The Kier molecular flexibility index (Phi) is 3.99. The Morgan fingerprint density at radius 2 is 2.28 bits per heavy atom. The minimum atomic E-state index is -0.0202. The van der Waals surface area contributed by atoms with Gasteiger partial charge in [-0.25, -0.2) is 4.98 Å². The maximum absolute atomic E-state index is 5.95. The van der Waals surface area contributed by atoms with E-state index in [1.807, 2.05) is 29.8 Å². The van der Waals surface area contributed by atoms with Crippen molar-refractivity contribution in [3.8, 4) is 5.75 Å². The van der Waals surface area contributed by atoms with E-state index in [0.29, 0.717) is 6.61 Å². The fraction of sp³-hybridized carbons (Fsp3) is 0.357. The van der Waals surface area contributed by atoms with E-state index in [9.17, 15) is 0 Å². The molecule has 2 aromatic rings. The third-order valence-electron chi connectivity index (χ3n) is 2.82. The van der Waals surface area contributed by atoms with Crippen LogP contribution in [0.25, 0.3) is 0 Å². The molecule has 4 heteroatoms. The van der Waals surface area contributed by atoms with Gasteiger partial charge in [0.05, 0.1) is 12.9 Å². The molecule has 0 saturated heterocycles. The van der Waals surface area contributed by atoms with E-state index < -0.39 is 0 Å². The van der Waals surface area contributed by atoms with Crippen molar-refractivity contribution in [2.75, 3.05) is 6.61 Å². The average molecular weight is 245 g/mol. The van der Waals surface area contributed by atoms with Gasteiger partial charge in [0, 0.05) is 24.0 Å². The van der Waals surface area contributed by atoms with Crippen LogP contribution in [0.5, 0.6) is 5.75 Å². The molecule has 0 radical (unpaired) electrons. The molecule has 1 unspecified atom stereocenters. The molecule has 1 heterocycles. The first-order chi connectivity index (χ1) is 8.66. The second-order valence-electron chi connectivity index (χ2n) is 4.48. The molecule has 1 aromatic carbocycles. The van der Waals surface area contributed by atoms with Crippen molar-refractivity contribution in [3.63, 3.8) is 0 Å². The van der Waals surface area contributed by atoms with Crippen LogP contribution < -0.4 is 10.5 Å². The Morgan fingerprint density at radius 3 is 2.94 bits per heavy atom. The van der Waals surface area contributed by atoms with Crippen LogP contribution in [0.1, 0.15) is 24.1 Å². The van der Waals surface area contributed by atoms with Gasteiger partial charge in [-0.3, -0.25) is 0 Å². The summed E-state index contributed by atoms with van der Waals surface area (Å²) in [5.74, 6) is 0.871. The van der Waals surface area contributed by atoms with E-state index in [1.54, 1.807) is 12.5 Å². The second-order valence-corrected chi connectivity index (χ2v) is 4.48. The Morgan fingerprint density at radius 1 is 1.44 bits per heavy atom. The van der Waals surface area contributed by atoms with E-state index in [4.69, 9.17) is 10.5 Å². The summed E-state index contributed by atoms with van der Waals surface area (Å²) in [6.07, 6.45) is 5.47. The van der Waals surface area contributed by atoms with Gasteiger partial charge in [0.2, 0.25) is 0 Å². The summed E-state index contributed by atoms with van der Waals surface area (Å²) in [5, 5.41) is 0. The first kappa shape index (κ1) is 12.6. The van der Waals surface area contributed by atoms with Crippen LogP contribution in [0.3, 0.4) is 0 Å². The van der Waals surface area contributed by atoms with Crippen molar-refractivity contribution in [2.24, 2.45) is 5.73 Å². The minimum Gasteiger partial charge on any atom is -0.491 e. The zero-order chi connectivity index (χ0) is 13.0. The van der Waals surface area contributed by atoms with Crippen LogP contribution in [0, 0.1) is 6.92 Å². The molecule has 0 aliphatic carbocycles. The molecular formula is C14H19N3O. The van der Waals surface area contributed by atoms with Crippen molar-refractivity contribution < 1.29 is 4.74 Å². The molecule has 0 amide bonds. The molecule has 1 atom stereocenters. The SMILES string of the molecule is Cc1ccc(OCCn2ccnc2)c(C(C)N)c1. The van der Waals surface area contributed by atoms with Crippen LogP contribution in [0.4, 0.5) is 0 Å². The van der Waals surface area contributed by atoms with Gasteiger partial charge in [-0.15, -0.1) is 0 Å². The van der Waals surface area contributed by atoms with Gasteiger partial charge in [0.1, 0.15) is 12.4 Å². The van der Waals surface area contributed by atoms with Gasteiger partial charge in [-0.05, 0) is 19.9 Å². The Balaban J connectivity index is 2.00. The van der Waals surface area contributed by atoms with Crippen molar-refractivity contribution in [3.05, 3.63) is 48.0 Å². The van der Waals surface area contributed by atoms with Crippen LogP contribution in [-0.4, -0.2) is 16.2 Å². The first-order valence-corrected chi connectivity index (χ1v) is 6.11. The topological polar surface area (TPSA) is 53.1 Å². The van der Waals surface area contributed by atoms with Crippen molar-refractivity contribution in [2.45, 2.75) is 26.4 Å². The molecule has 18 heavy (non-hydrogen) atoms. The maximum atomic E-state index is 5.95. The molecule has 2 N–H and O–H groups in total. The van der Waals surface area contributed by atoms with E-state index in [0.717, 1.165) is 17.9 Å². The number of ether oxygens (including phenoxy) is 1. The summed E-state index contributed by atoms with van der Waals surface area (Å²) < 4.78 is 7.78. The van der Waals surface area contributed by atoms with Gasteiger partial charge >= 0.3 is 0 Å². The molecule has 0 fully saturated rings. The van der Waals surface area contributed by atoms with Gasteiger partial charge < -0.3 is 15.0 Å². The molecule has 0 aliphatic heterocycles. The van der Waals surface area contributed by atoms with E-state index in [-0.39, 0.29) is 6.04 Å². The molecule has 1 aromatic heterocycles.